The van der Waals surface area contributed by atoms with E-state index in [1.54, 1.807) is 6.07 Å². The van der Waals surface area contributed by atoms with Gasteiger partial charge in [-0.3, -0.25) is 0 Å². The molecule has 2 N–H and O–H groups in total. The molecule has 21 heavy (non-hydrogen) atoms. The first-order chi connectivity index (χ1) is 9.79. The van der Waals surface area contributed by atoms with Gasteiger partial charge in [0.15, 0.2) is 0 Å². The molecule has 1 aromatic carbocycles. The zero-order valence-corrected chi connectivity index (χ0v) is 13.7. The molecule has 0 bridgehead atoms. The van der Waals surface area contributed by atoms with Crippen molar-refractivity contribution in [3.05, 3.63) is 23.0 Å². The Balaban J connectivity index is 2.55. The van der Waals surface area contributed by atoms with Gasteiger partial charge in [-0.25, -0.2) is 9.37 Å². The van der Waals surface area contributed by atoms with E-state index in [1.165, 1.54) is 6.07 Å². The molecule has 0 fully saturated rings. The molecule has 4 nitrogen and oxygen atoms in total. The third-order valence-corrected chi connectivity index (χ3v) is 3.73. The molecule has 0 aliphatic carbocycles. The quantitative estimate of drug-likeness (QED) is 0.918. The lowest BCUT2D eigenvalue weighted by atomic mass is 10.0. The van der Waals surface area contributed by atoms with Crippen LogP contribution in [-0.4, -0.2) is 35.1 Å². The number of benzene rings is 1. The highest BCUT2D eigenvalue weighted by molar-refractivity contribution is 6.31. The van der Waals surface area contributed by atoms with Crippen LogP contribution in [0.15, 0.2) is 12.1 Å². The number of hydrogen-bond acceptors (Lipinski definition) is 3. The Kier molecular flexibility index (Phi) is 4.74. The lowest BCUT2D eigenvalue weighted by molar-refractivity contribution is 0.294. The van der Waals surface area contributed by atoms with Crippen molar-refractivity contribution in [2.45, 2.75) is 26.3 Å². The number of fused-ring (bicyclic) bond motifs is 1. The van der Waals surface area contributed by atoms with Gasteiger partial charge in [-0.15, -0.1) is 0 Å². The molecular weight excluding hydrogens is 291 g/mol. The number of halogens is 2. The van der Waals surface area contributed by atoms with Crippen molar-refractivity contribution in [2.24, 2.45) is 5.92 Å². The summed E-state index contributed by atoms with van der Waals surface area (Å²) in [5, 5.41) is 0.0943. The Morgan fingerprint density at radius 3 is 2.62 bits per heavy atom. The number of hydrogen-bond donors (Lipinski definition) is 1. The van der Waals surface area contributed by atoms with Gasteiger partial charge in [0, 0.05) is 12.6 Å². The minimum Gasteiger partial charge on any atom is -0.369 e. The average Bonchev–Trinajstić information content (AvgIpc) is 2.63. The van der Waals surface area contributed by atoms with Gasteiger partial charge in [0.1, 0.15) is 5.82 Å². The molecular formula is C15H22ClFN4. The minimum absolute atomic E-state index is 0.0943. The predicted octanol–water partition coefficient (Wildman–Crippen LogP) is 3.56. The normalized spacial score (nSPS) is 13.5. The second kappa shape index (κ2) is 6.20. The molecule has 0 radical (unpaired) electrons. The summed E-state index contributed by atoms with van der Waals surface area (Å²) in [6.07, 6.45) is 0.961. The summed E-state index contributed by atoms with van der Waals surface area (Å²) in [5.41, 5.74) is 7.40. The molecule has 1 atom stereocenters. The fourth-order valence-electron chi connectivity index (χ4n) is 2.72. The van der Waals surface area contributed by atoms with E-state index in [1.807, 2.05) is 18.7 Å². The first-order valence-corrected chi connectivity index (χ1v) is 7.44. The summed E-state index contributed by atoms with van der Waals surface area (Å²) in [6.45, 7) is 5.18. The van der Waals surface area contributed by atoms with Crippen LogP contribution in [-0.2, 0) is 0 Å². The van der Waals surface area contributed by atoms with Gasteiger partial charge in [0.2, 0.25) is 5.95 Å². The second-order valence-electron chi connectivity index (χ2n) is 6.14. The van der Waals surface area contributed by atoms with E-state index >= 15 is 0 Å². The van der Waals surface area contributed by atoms with Gasteiger partial charge >= 0.3 is 0 Å². The monoisotopic (exact) mass is 312 g/mol. The molecule has 1 heterocycles. The summed E-state index contributed by atoms with van der Waals surface area (Å²) < 4.78 is 15.6. The maximum absolute atomic E-state index is 13.6. The van der Waals surface area contributed by atoms with Crippen molar-refractivity contribution in [1.29, 1.82) is 0 Å². The molecule has 0 aliphatic heterocycles. The molecule has 6 heteroatoms. The molecule has 1 unspecified atom stereocenters. The number of likely N-dealkylation sites (N-methyl/N-ethyl adjacent to an activating group) is 1. The number of nitrogen functional groups attached to an aromatic ring is 1. The Morgan fingerprint density at radius 2 is 2.05 bits per heavy atom. The highest BCUT2D eigenvalue weighted by atomic mass is 35.5. The van der Waals surface area contributed by atoms with Crippen LogP contribution in [0.25, 0.3) is 11.0 Å². The zero-order valence-electron chi connectivity index (χ0n) is 12.9. The molecule has 0 saturated carbocycles. The average molecular weight is 313 g/mol. The smallest absolute Gasteiger partial charge is 0.201 e. The van der Waals surface area contributed by atoms with E-state index in [0.29, 0.717) is 17.4 Å². The van der Waals surface area contributed by atoms with Gasteiger partial charge in [0.25, 0.3) is 0 Å². The second-order valence-corrected chi connectivity index (χ2v) is 6.55. The summed E-state index contributed by atoms with van der Waals surface area (Å²) in [5.74, 6) is 0.448. The van der Waals surface area contributed by atoms with Crippen molar-refractivity contribution in [3.63, 3.8) is 0 Å². The van der Waals surface area contributed by atoms with Crippen LogP contribution < -0.4 is 5.73 Å². The fourth-order valence-corrected chi connectivity index (χ4v) is 2.88. The molecule has 0 aliphatic rings. The Morgan fingerprint density at radius 1 is 1.38 bits per heavy atom. The maximum atomic E-state index is 13.6. The van der Waals surface area contributed by atoms with E-state index in [0.717, 1.165) is 18.5 Å². The summed E-state index contributed by atoms with van der Waals surface area (Å²) in [4.78, 5) is 6.39. The molecule has 0 spiro atoms. The molecule has 2 aromatic rings. The van der Waals surface area contributed by atoms with Crippen molar-refractivity contribution >= 4 is 28.6 Å². The summed E-state index contributed by atoms with van der Waals surface area (Å²) in [6, 6.07) is 3.12. The van der Waals surface area contributed by atoms with Gasteiger partial charge in [-0.05, 0) is 32.5 Å². The topological polar surface area (TPSA) is 47.1 Å². The van der Waals surface area contributed by atoms with Crippen molar-refractivity contribution in [1.82, 2.24) is 14.5 Å². The van der Waals surface area contributed by atoms with Crippen LogP contribution in [0.1, 0.15) is 26.3 Å². The fraction of sp³-hybridized carbons (Fsp3) is 0.533. The van der Waals surface area contributed by atoms with E-state index in [-0.39, 0.29) is 11.1 Å². The number of nitrogens with two attached hydrogens (primary N) is 1. The van der Waals surface area contributed by atoms with E-state index < -0.39 is 5.82 Å². The number of imidazole rings is 1. The highest BCUT2D eigenvalue weighted by Crippen LogP contribution is 2.30. The lowest BCUT2D eigenvalue weighted by Gasteiger charge is -2.25. The number of aromatic nitrogens is 2. The summed E-state index contributed by atoms with van der Waals surface area (Å²) >= 11 is 5.92. The maximum Gasteiger partial charge on any atom is 0.201 e. The number of anilines is 1. The zero-order chi connectivity index (χ0) is 15.7. The van der Waals surface area contributed by atoms with Crippen LogP contribution in [0.2, 0.25) is 5.02 Å². The largest absolute Gasteiger partial charge is 0.369 e. The number of rotatable bonds is 5. The third kappa shape index (κ3) is 3.47. The van der Waals surface area contributed by atoms with Crippen LogP contribution >= 0.6 is 11.6 Å². The molecule has 1 aromatic heterocycles. The Labute approximate surface area is 129 Å². The lowest BCUT2D eigenvalue weighted by Crippen LogP contribution is -2.26. The Hall–Kier alpha value is -1.33. The first kappa shape index (κ1) is 16.0. The van der Waals surface area contributed by atoms with Crippen molar-refractivity contribution < 1.29 is 4.39 Å². The van der Waals surface area contributed by atoms with E-state index in [9.17, 15) is 4.39 Å². The third-order valence-electron chi connectivity index (χ3n) is 3.44. The first-order valence-electron chi connectivity index (χ1n) is 7.06. The van der Waals surface area contributed by atoms with Gasteiger partial charge in [-0.1, -0.05) is 25.4 Å². The van der Waals surface area contributed by atoms with Crippen molar-refractivity contribution in [2.75, 3.05) is 26.4 Å². The van der Waals surface area contributed by atoms with Gasteiger partial charge in [-0.2, -0.15) is 0 Å². The van der Waals surface area contributed by atoms with Crippen LogP contribution in [0.5, 0.6) is 0 Å². The highest BCUT2D eigenvalue weighted by Gasteiger charge is 2.21. The van der Waals surface area contributed by atoms with Gasteiger partial charge in [0.05, 0.1) is 22.1 Å². The van der Waals surface area contributed by atoms with Crippen LogP contribution in [0, 0.1) is 11.7 Å². The molecule has 2 rings (SSSR count). The van der Waals surface area contributed by atoms with Crippen molar-refractivity contribution in [3.8, 4) is 0 Å². The van der Waals surface area contributed by atoms with Gasteiger partial charge < -0.3 is 15.2 Å². The summed E-state index contributed by atoms with van der Waals surface area (Å²) in [7, 11) is 4.05. The standard InChI is InChI=1S/C15H22ClFN4/c1-9(2)5-10(8-20(3)4)21-14-6-11(16)12(17)7-13(14)19-15(21)18/h6-7,9-10H,5,8H2,1-4H3,(H2,18,19). The molecule has 116 valence electrons. The minimum atomic E-state index is -0.471. The number of nitrogens with zero attached hydrogens (tertiary/aromatic N) is 3. The van der Waals surface area contributed by atoms with Crippen LogP contribution in [0.4, 0.5) is 10.3 Å². The van der Waals surface area contributed by atoms with E-state index in [2.05, 4.69) is 23.7 Å². The SMILES string of the molecule is CC(C)CC(CN(C)C)n1c(N)nc2cc(F)c(Cl)cc21. The molecule has 0 amide bonds. The van der Waals surface area contributed by atoms with Crippen LogP contribution in [0.3, 0.4) is 0 Å². The predicted molar refractivity (Wildman–Crippen MR) is 86.2 cm³/mol. The Bertz CT molecular complexity index is 626. The molecule has 0 saturated heterocycles. The van der Waals surface area contributed by atoms with E-state index in [4.69, 9.17) is 17.3 Å².